The van der Waals surface area contributed by atoms with Crippen LogP contribution >= 0.6 is 0 Å². The van der Waals surface area contributed by atoms with Crippen LogP contribution in [-0.4, -0.2) is 36.8 Å². The van der Waals surface area contributed by atoms with E-state index in [9.17, 15) is 13.2 Å². The number of nitrogens with zero attached hydrogens (tertiary/aromatic N) is 1. The van der Waals surface area contributed by atoms with Crippen LogP contribution in [0, 0.1) is 5.92 Å². The molecule has 0 bridgehead atoms. The molecular weight excluding hydrogens is 205 g/mol. The molecular formula is C10H21F3N2. The van der Waals surface area contributed by atoms with E-state index in [1.165, 1.54) is 4.90 Å². The quantitative estimate of drug-likeness (QED) is 0.752. The van der Waals surface area contributed by atoms with Crippen LogP contribution in [0.25, 0.3) is 0 Å². The molecule has 1 unspecified atom stereocenters. The van der Waals surface area contributed by atoms with Crippen molar-refractivity contribution >= 4 is 0 Å². The fraction of sp³-hybridized carbons (Fsp3) is 1.00. The molecule has 0 aliphatic carbocycles. The van der Waals surface area contributed by atoms with Crippen molar-refractivity contribution in [2.45, 2.75) is 39.4 Å². The maximum absolute atomic E-state index is 12.2. The van der Waals surface area contributed by atoms with Crippen LogP contribution in [0.4, 0.5) is 13.2 Å². The molecule has 0 rings (SSSR count). The molecule has 5 heteroatoms. The first-order chi connectivity index (χ1) is 6.76. The maximum Gasteiger partial charge on any atom is 0.401 e. The van der Waals surface area contributed by atoms with E-state index in [1.807, 2.05) is 6.92 Å². The van der Waals surface area contributed by atoms with Crippen molar-refractivity contribution in [3.63, 3.8) is 0 Å². The normalized spacial score (nSPS) is 15.0. The average Bonchev–Trinajstić information content (AvgIpc) is 2.00. The molecule has 2 N–H and O–H groups in total. The zero-order valence-electron chi connectivity index (χ0n) is 9.64. The van der Waals surface area contributed by atoms with Gasteiger partial charge in [0, 0.05) is 12.6 Å². The summed E-state index contributed by atoms with van der Waals surface area (Å²) in [5, 5.41) is 0. The molecule has 0 saturated heterocycles. The first-order valence-corrected chi connectivity index (χ1v) is 5.27. The number of alkyl halides is 3. The van der Waals surface area contributed by atoms with Gasteiger partial charge in [-0.15, -0.1) is 0 Å². The van der Waals surface area contributed by atoms with E-state index in [0.29, 0.717) is 13.1 Å². The van der Waals surface area contributed by atoms with Gasteiger partial charge in [0.05, 0.1) is 6.54 Å². The average molecular weight is 226 g/mol. The van der Waals surface area contributed by atoms with Crippen molar-refractivity contribution in [1.29, 1.82) is 0 Å². The minimum Gasteiger partial charge on any atom is -0.330 e. The SMILES string of the molecule is CC(CCN)CN(CC(F)(F)F)C(C)C. The van der Waals surface area contributed by atoms with E-state index >= 15 is 0 Å². The van der Waals surface area contributed by atoms with E-state index in [4.69, 9.17) is 5.73 Å². The van der Waals surface area contributed by atoms with Gasteiger partial charge in [-0.2, -0.15) is 13.2 Å². The van der Waals surface area contributed by atoms with E-state index in [1.54, 1.807) is 13.8 Å². The predicted molar refractivity (Wildman–Crippen MR) is 55.6 cm³/mol. The van der Waals surface area contributed by atoms with Gasteiger partial charge in [0.15, 0.2) is 0 Å². The van der Waals surface area contributed by atoms with Crippen LogP contribution in [0.2, 0.25) is 0 Å². The van der Waals surface area contributed by atoms with E-state index in [2.05, 4.69) is 0 Å². The number of hydrogen-bond donors (Lipinski definition) is 1. The fourth-order valence-electron chi connectivity index (χ4n) is 1.46. The van der Waals surface area contributed by atoms with Crippen molar-refractivity contribution in [2.24, 2.45) is 11.7 Å². The number of hydrogen-bond acceptors (Lipinski definition) is 2. The van der Waals surface area contributed by atoms with Gasteiger partial charge in [0.1, 0.15) is 0 Å². The molecule has 15 heavy (non-hydrogen) atoms. The maximum atomic E-state index is 12.2. The van der Waals surface area contributed by atoms with Crippen LogP contribution in [0.3, 0.4) is 0 Å². The Morgan fingerprint density at radius 2 is 1.73 bits per heavy atom. The van der Waals surface area contributed by atoms with Gasteiger partial charge in [-0.25, -0.2) is 0 Å². The van der Waals surface area contributed by atoms with Gasteiger partial charge >= 0.3 is 6.18 Å². The van der Waals surface area contributed by atoms with E-state index in [0.717, 1.165) is 6.42 Å². The zero-order chi connectivity index (χ0) is 12.1. The third-order valence-electron chi connectivity index (χ3n) is 2.32. The topological polar surface area (TPSA) is 29.3 Å². The highest BCUT2D eigenvalue weighted by molar-refractivity contribution is 4.70. The highest BCUT2D eigenvalue weighted by Gasteiger charge is 2.32. The molecule has 0 aromatic rings. The molecule has 0 radical (unpaired) electrons. The van der Waals surface area contributed by atoms with Crippen LogP contribution in [0.5, 0.6) is 0 Å². The summed E-state index contributed by atoms with van der Waals surface area (Å²) in [6.07, 6.45) is -3.35. The fourth-order valence-corrected chi connectivity index (χ4v) is 1.46. The molecule has 92 valence electrons. The lowest BCUT2D eigenvalue weighted by atomic mass is 10.1. The summed E-state index contributed by atoms with van der Waals surface area (Å²) in [4.78, 5) is 1.44. The second-order valence-corrected chi connectivity index (χ2v) is 4.32. The van der Waals surface area contributed by atoms with Gasteiger partial charge in [0.2, 0.25) is 0 Å². The molecule has 0 amide bonds. The van der Waals surface area contributed by atoms with Gasteiger partial charge < -0.3 is 5.73 Å². The monoisotopic (exact) mass is 226 g/mol. The van der Waals surface area contributed by atoms with Crippen molar-refractivity contribution < 1.29 is 13.2 Å². The Balaban J connectivity index is 4.16. The zero-order valence-corrected chi connectivity index (χ0v) is 9.64. The lowest BCUT2D eigenvalue weighted by Gasteiger charge is -2.29. The minimum absolute atomic E-state index is 0.0909. The van der Waals surface area contributed by atoms with Crippen LogP contribution < -0.4 is 5.73 Å². The number of nitrogens with two attached hydrogens (primary N) is 1. The third-order valence-corrected chi connectivity index (χ3v) is 2.32. The van der Waals surface area contributed by atoms with Crippen molar-refractivity contribution in [2.75, 3.05) is 19.6 Å². The van der Waals surface area contributed by atoms with E-state index < -0.39 is 12.7 Å². The summed E-state index contributed by atoms with van der Waals surface area (Å²) in [7, 11) is 0. The summed E-state index contributed by atoms with van der Waals surface area (Å²) in [5.74, 6) is 0.208. The lowest BCUT2D eigenvalue weighted by molar-refractivity contribution is -0.150. The van der Waals surface area contributed by atoms with E-state index in [-0.39, 0.29) is 12.0 Å². The standard InChI is InChI=1S/C10H21F3N2/c1-8(2)15(7-10(11,12)13)6-9(3)4-5-14/h8-9H,4-7,14H2,1-3H3. The van der Waals surface area contributed by atoms with Gasteiger partial charge in [0.25, 0.3) is 0 Å². The highest BCUT2D eigenvalue weighted by atomic mass is 19.4. The van der Waals surface area contributed by atoms with Gasteiger partial charge in [-0.3, -0.25) is 4.90 Å². The third kappa shape index (κ3) is 7.62. The first kappa shape index (κ1) is 14.7. The Morgan fingerprint density at radius 3 is 2.07 bits per heavy atom. The van der Waals surface area contributed by atoms with Crippen LogP contribution in [0.15, 0.2) is 0 Å². The molecule has 1 atom stereocenters. The second-order valence-electron chi connectivity index (χ2n) is 4.32. The highest BCUT2D eigenvalue weighted by Crippen LogP contribution is 2.19. The molecule has 0 spiro atoms. The van der Waals surface area contributed by atoms with Crippen LogP contribution in [-0.2, 0) is 0 Å². The summed E-state index contributed by atoms with van der Waals surface area (Å²) in [6.45, 7) is 5.63. The molecule has 0 heterocycles. The Morgan fingerprint density at radius 1 is 1.20 bits per heavy atom. The second kappa shape index (κ2) is 6.33. The Bertz CT molecular complexity index is 169. The summed E-state index contributed by atoms with van der Waals surface area (Å²) < 4.78 is 36.7. The summed E-state index contributed by atoms with van der Waals surface area (Å²) >= 11 is 0. The van der Waals surface area contributed by atoms with Crippen molar-refractivity contribution in [3.05, 3.63) is 0 Å². The molecule has 0 aliphatic rings. The molecule has 0 aliphatic heterocycles. The Hall–Kier alpha value is -0.290. The lowest BCUT2D eigenvalue weighted by Crippen LogP contribution is -2.41. The predicted octanol–water partition coefficient (Wildman–Crippen LogP) is 2.24. The smallest absolute Gasteiger partial charge is 0.330 e. The molecule has 0 saturated carbocycles. The van der Waals surface area contributed by atoms with Gasteiger partial charge in [-0.1, -0.05) is 6.92 Å². The largest absolute Gasteiger partial charge is 0.401 e. The summed E-state index contributed by atoms with van der Waals surface area (Å²) in [6, 6.07) is -0.0909. The molecule has 0 aromatic heterocycles. The van der Waals surface area contributed by atoms with Crippen molar-refractivity contribution in [3.8, 4) is 0 Å². The Labute approximate surface area is 89.6 Å². The molecule has 0 aromatic carbocycles. The van der Waals surface area contributed by atoms with Gasteiger partial charge in [-0.05, 0) is 32.7 Å². The molecule has 0 fully saturated rings. The number of rotatable bonds is 6. The van der Waals surface area contributed by atoms with Crippen LogP contribution in [0.1, 0.15) is 27.2 Å². The summed E-state index contributed by atoms with van der Waals surface area (Å²) in [5.41, 5.74) is 5.37. The Kier molecular flexibility index (Phi) is 6.20. The van der Waals surface area contributed by atoms with Crippen molar-refractivity contribution in [1.82, 2.24) is 4.90 Å². The minimum atomic E-state index is -4.12. The first-order valence-electron chi connectivity index (χ1n) is 5.27. The number of halogens is 3. The molecule has 2 nitrogen and oxygen atoms in total.